The van der Waals surface area contributed by atoms with Crippen molar-refractivity contribution in [1.29, 1.82) is 0 Å². The van der Waals surface area contributed by atoms with Crippen LogP contribution < -0.4 is 15.0 Å². The quantitative estimate of drug-likeness (QED) is 0.868. The number of fused-ring (bicyclic) bond motifs is 1. The number of benzene rings is 1. The number of hydrogen-bond acceptors (Lipinski definition) is 5. The molecular formula is C18H22F2N4O. The number of nitrogens with one attached hydrogen (secondary N) is 1. The zero-order valence-electron chi connectivity index (χ0n) is 14.4. The lowest BCUT2D eigenvalue weighted by atomic mass is 9.92. The molecule has 0 saturated carbocycles. The summed E-state index contributed by atoms with van der Waals surface area (Å²) in [6.45, 7) is -2.38. The van der Waals surface area contributed by atoms with Crippen LogP contribution in [0, 0.1) is 0 Å². The van der Waals surface area contributed by atoms with Crippen LogP contribution in [0.3, 0.4) is 0 Å². The van der Waals surface area contributed by atoms with E-state index in [1.807, 2.05) is 31.3 Å². The maximum absolute atomic E-state index is 12.5. The first-order chi connectivity index (χ1) is 12.0. The first kappa shape index (κ1) is 17.5. The second-order valence-corrected chi connectivity index (χ2v) is 6.28. The molecule has 1 atom stereocenters. The standard InChI is InChI=1S/C18H22F2N4O/c1-24(2)18-22-11-13-14(7-5-8-15(13)23-18)21-10-12-6-3-4-9-16(12)25-17(19)20/h3-4,6,9,11,14,17,21H,5,7-8,10H2,1-2H3/t14-/m0/s1. The molecule has 3 rings (SSSR count). The van der Waals surface area contributed by atoms with Gasteiger partial charge in [0.05, 0.1) is 5.69 Å². The number of halogens is 2. The third-order valence-electron chi connectivity index (χ3n) is 4.30. The van der Waals surface area contributed by atoms with Crippen LogP contribution in [0.5, 0.6) is 5.75 Å². The Morgan fingerprint density at radius 1 is 1.32 bits per heavy atom. The van der Waals surface area contributed by atoms with Gasteiger partial charge in [0.2, 0.25) is 5.95 Å². The number of alkyl halides is 2. The van der Waals surface area contributed by atoms with Gasteiger partial charge >= 0.3 is 6.61 Å². The summed E-state index contributed by atoms with van der Waals surface area (Å²) in [4.78, 5) is 10.9. The van der Waals surface area contributed by atoms with Crippen LogP contribution in [0.15, 0.2) is 30.5 Å². The summed E-state index contributed by atoms with van der Waals surface area (Å²) in [5.74, 6) is 0.912. The number of hydrogen-bond donors (Lipinski definition) is 1. The van der Waals surface area contributed by atoms with Gasteiger partial charge in [0.1, 0.15) is 5.75 Å². The van der Waals surface area contributed by atoms with Crippen molar-refractivity contribution in [2.24, 2.45) is 0 Å². The second kappa shape index (κ2) is 7.74. The largest absolute Gasteiger partial charge is 0.434 e. The maximum atomic E-state index is 12.5. The molecule has 0 radical (unpaired) electrons. The van der Waals surface area contributed by atoms with Crippen LogP contribution in [-0.4, -0.2) is 30.7 Å². The molecule has 0 bridgehead atoms. The van der Waals surface area contributed by atoms with Gasteiger partial charge in [-0.1, -0.05) is 18.2 Å². The SMILES string of the molecule is CN(C)c1ncc2c(n1)CCC[C@@H]2NCc1ccccc1OC(F)F. The Morgan fingerprint density at radius 2 is 2.12 bits per heavy atom. The minimum atomic E-state index is -2.82. The monoisotopic (exact) mass is 348 g/mol. The Balaban J connectivity index is 1.74. The average molecular weight is 348 g/mol. The Morgan fingerprint density at radius 3 is 2.88 bits per heavy atom. The molecule has 1 aliphatic rings. The third kappa shape index (κ3) is 4.22. The number of nitrogens with zero attached hydrogens (tertiary/aromatic N) is 3. The lowest BCUT2D eigenvalue weighted by Crippen LogP contribution is -2.27. The maximum Gasteiger partial charge on any atom is 0.387 e. The van der Waals surface area contributed by atoms with Crippen molar-refractivity contribution in [1.82, 2.24) is 15.3 Å². The van der Waals surface area contributed by atoms with E-state index in [4.69, 9.17) is 0 Å². The molecule has 0 unspecified atom stereocenters. The van der Waals surface area contributed by atoms with E-state index < -0.39 is 6.61 Å². The summed E-state index contributed by atoms with van der Waals surface area (Å²) in [6.07, 6.45) is 4.80. The highest BCUT2D eigenvalue weighted by Gasteiger charge is 2.22. The predicted octanol–water partition coefficient (Wildman–Crippen LogP) is 3.31. The summed E-state index contributed by atoms with van der Waals surface area (Å²) < 4.78 is 29.7. The molecule has 25 heavy (non-hydrogen) atoms. The van der Waals surface area contributed by atoms with E-state index in [2.05, 4.69) is 20.0 Å². The van der Waals surface area contributed by atoms with Crippen LogP contribution in [0.4, 0.5) is 14.7 Å². The van der Waals surface area contributed by atoms with E-state index in [1.165, 1.54) is 0 Å². The van der Waals surface area contributed by atoms with E-state index in [0.29, 0.717) is 18.1 Å². The van der Waals surface area contributed by atoms with Crippen molar-refractivity contribution in [3.63, 3.8) is 0 Å². The highest BCUT2D eigenvalue weighted by Crippen LogP contribution is 2.30. The Bertz CT molecular complexity index is 724. The predicted molar refractivity (Wildman–Crippen MR) is 92.0 cm³/mol. The number of para-hydroxylation sites is 1. The number of aryl methyl sites for hydroxylation is 1. The molecule has 0 saturated heterocycles. The molecule has 1 heterocycles. The lowest BCUT2D eigenvalue weighted by molar-refractivity contribution is -0.0505. The van der Waals surface area contributed by atoms with Crippen molar-refractivity contribution in [2.45, 2.75) is 38.5 Å². The normalized spacial score (nSPS) is 16.6. The van der Waals surface area contributed by atoms with Gasteiger partial charge in [0.25, 0.3) is 0 Å². The fourth-order valence-corrected chi connectivity index (χ4v) is 3.06. The van der Waals surface area contributed by atoms with Gasteiger partial charge in [-0.25, -0.2) is 9.97 Å². The van der Waals surface area contributed by atoms with Gasteiger partial charge in [-0.3, -0.25) is 0 Å². The van der Waals surface area contributed by atoms with Gasteiger partial charge in [-0.15, -0.1) is 0 Å². The third-order valence-corrected chi connectivity index (χ3v) is 4.30. The molecule has 5 nitrogen and oxygen atoms in total. The molecule has 1 N–H and O–H groups in total. The van der Waals surface area contributed by atoms with Crippen LogP contribution in [0.1, 0.15) is 35.7 Å². The van der Waals surface area contributed by atoms with Crippen molar-refractivity contribution >= 4 is 5.95 Å². The summed E-state index contributed by atoms with van der Waals surface area (Å²) in [5.41, 5.74) is 2.85. The van der Waals surface area contributed by atoms with E-state index in [1.54, 1.807) is 18.2 Å². The van der Waals surface area contributed by atoms with Gasteiger partial charge < -0.3 is 15.0 Å². The van der Waals surface area contributed by atoms with Gasteiger partial charge in [0, 0.05) is 44.0 Å². The van der Waals surface area contributed by atoms with E-state index in [9.17, 15) is 8.78 Å². The molecular weight excluding hydrogens is 326 g/mol. The number of ether oxygens (including phenoxy) is 1. The lowest BCUT2D eigenvalue weighted by Gasteiger charge is -2.26. The zero-order valence-corrected chi connectivity index (χ0v) is 14.4. The molecule has 1 aliphatic carbocycles. The number of rotatable bonds is 6. The Hall–Kier alpha value is -2.28. The topological polar surface area (TPSA) is 50.3 Å². The van der Waals surface area contributed by atoms with Crippen LogP contribution in [0.2, 0.25) is 0 Å². The van der Waals surface area contributed by atoms with Gasteiger partial charge in [-0.05, 0) is 25.3 Å². The van der Waals surface area contributed by atoms with Gasteiger partial charge in [-0.2, -0.15) is 8.78 Å². The fraction of sp³-hybridized carbons (Fsp3) is 0.444. The smallest absolute Gasteiger partial charge is 0.387 e. The first-order valence-corrected chi connectivity index (χ1v) is 8.34. The summed E-state index contributed by atoms with van der Waals surface area (Å²) in [6, 6.07) is 6.97. The molecule has 1 aromatic heterocycles. The van der Waals surface area contributed by atoms with Crippen molar-refractivity contribution in [2.75, 3.05) is 19.0 Å². The van der Waals surface area contributed by atoms with Crippen molar-refractivity contribution in [3.05, 3.63) is 47.3 Å². The average Bonchev–Trinajstić information content (AvgIpc) is 2.60. The van der Waals surface area contributed by atoms with Crippen LogP contribution in [0.25, 0.3) is 0 Å². The van der Waals surface area contributed by atoms with Crippen molar-refractivity contribution < 1.29 is 13.5 Å². The highest BCUT2D eigenvalue weighted by atomic mass is 19.3. The summed E-state index contributed by atoms with van der Waals surface area (Å²) >= 11 is 0. The number of aromatic nitrogens is 2. The molecule has 0 spiro atoms. The highest BCUT2D eigenvalue weighted by molar-refractivity contribution is 5.35. The first-order valence-electron chi connectivity index (χ1n) is 8.34. The molecule has 0 amide bonds. The van der Waals surface area contributed by atoms with Gasteiger partial charge in [0.15, 0.2) is 0 Å². The van der Waals surface area contributed by atoms with E-state index in [-0.39, 0.29) is 11.8 Å². The number of anilines is 1. The Labute approximate surface area is 146 Å². The van der Waals surface area contributed by atoms with Crippen molar-refractivity contribution in [3.8, 4) is 5.75 Å². The summed E-state index contributed by atoms with van der Waals surface area (Å²) in [5, 5.41) is 3.44. The molecule has 7 heteroatoms. The fourth-order valence-electron chi connectivity index (χ4n) is 3.06. The molecule has 2 aromatic rings. The van der Waals surface area contributed by atoms with E-state index in [0.717, 1.165) is 30.5 Å². The molecule has 134 valence electrons. The minimum absolute atomic E-state index is 0.111. The van der Waals surface area contributed by atoms with Crippen LogP contribution in [-0.2, 0) is 13.0 Å². The van der Waals surface area contributed by atoms with Crippen LogP contribution >= 0.6 is 0 Å². The van der Waals surface area contributed by atoms with E-state index >= 15 is 0 Å². The second-order valence-electron chi connectivity index (χ2n) is 6.28. The molecule has 1 aromatic carbocycles. The summed E-state index contributed by atoms with van der Waals surface area (Å²) in [7, 11) is 3.83. The zero-order chi connectivity index (χ0) is 17.8. The molecule has 0 fully saturated rings. The molecule has 0 aliphatic heterocycles. The minimum Gasteiger partial charge on any atom is -0.434 e. The Kier molecular flexibility index (Phi) is 5.43.